The van der Waals surface area contributed by atoms with Crippen LogP contribution in [0.5, 0.6) is 0 Å². The van der Waals surface area contributed by atoms with Crippen LogP contribution in [0.3, 0.4) is 0 Å². The summed E-state index contributed by atoms with van der Waals surface area (Å²) in [5.41, 5.74) is 3.27. The minimum Gasteiger partial charge on any atom is -0.356 e. The highest BCUT2D eigenvalue weighted by molar-refractivity contribution is 14.0. The van der Waals surface area contributed by atoms with Gasteiger partial charge in [0.05, 0.1) is 6.04 Å². The van der Waals surface area contributed by atoms with Crippen molar-refractivity contribution in [2.45, 2.75) is 39.7 Å². The second-order valence-electron chi connectivity index (χ2n) is 7.69. The lowest BCUT2D eigenvalue weighted by Crippen LogP contribution is -2.39. The highest BCUT2D eigenvalue weighted by Crippen LogP contribution is 2.16. The average Bonchev–Trinajstić information content (AvgIpc) is 3.22. The SMILES string of the molecule is CN=C(NCCc1noc(-c2ccccn2)n1)NC(C)c1ccc(CC(C)C)cc1.I. The number of hydrogen-bond donors (Lipinski definition) is 2. The van der Waals surface area contributed by atoms with E-state index in [1.165, 1.54) is 11.1 Å². The molecule has 31 heavy (non-hydrogen) atoms. The standard InChI is InChI=1S/C23H30N6O.HI/c1-16(2)15-18-8-10-19(11-9-18)17(3)27-23(24-4)26-14-12-21-28-22(30-29-21)20-7-5-6-13-25-20;/h5-11,13,16-17H,12,14-15H2,1-4H3,(H2,24,26,27);1H. The molecule has 0 saturated heterocycles. The summed E-state index contributed by atoms with van der Waals surface area (Å²) < 4.78 is 5.29. The predicted molar refractivity (Wildman–Crippen MR) is 135 cm³/mol. The molecule has 0 bridgehead atoms. The van der Waals surface area contributed by atoms with Crippen LogP contribution in [0.25, 0.3) is 11.6 Å². The van der Waals surface area contributed by atoms with Crippen molar-refractivity contribution in [3.05, 3.63) is 65.6 Å². The molecule has 1 unspecified atom stereocenters. The summed E-state index contributed by atoms with van der Waals surface area (Å²) in [6.07, 6.45) is 3.42. The van der Waals surface area contributed by atoms with E-state index in [0.717, 1.165) is 12.4 Å². The Morgan fingerprint density at radius 3 is 2.52 bits per heavy atom. The molecule has 0 radical (unpaired) electrons. The molecule has 0 saturated carbocycles. The molecule has 0 fully saturated rings. The van der Waals surface area contributed by atoms with Gasteiger partial charge in [0.2, 0.25) is 0 Å². The molecule has 0 aliphatic heterocycles. The molecule has 3 aromatic rings. The first kappa shape index (κ1) is 24.8. The van der Waals surface area contributed by atoms with Crippen molar-refractivity contribution in [3.8, 4) is 11.6 Å². The van der Waals surface area contributed by atoms with Crippen LogP contribution >= 0.6 is 24.0 Å². The van der Waals surface area contributed by atoms with Crippen molar-refractivity contribution >= 4 is 29.9 Å². The number of halogens is 1. The predicted octanol–water partition coefficient (Wildman–Crippen LogP) is 4.42. The van der Waals surface area contributed by atoms with Crippen molar-refractivity contribution in [2.24, 2.45) is 10.9 Å². The number of rotatable bonds is 8. The van der Waals surface area contributed by atoms with Crippen LogP contribution in [0.1, 0.15) is 43.8 Å². The van der Waals surface area contributed by atoms with Crippen LogP contribution in [-0.2, 0) is 12.8 Å². The zero-order chi connectivity index (χ0) is 21.3. The number of aliphatic imine (C=N–C) groups is 1. The van der Waals surface area contributed by atoms with Crippen molar-refractivity contribution in [1.82, 2.24) is 25.8 Å². The van der Waals surface area contributed by atoms with E-state index < -0.39 is 0 Å². The Bertz CT molecular complexity index is 940. The highest BCUT2D eigenvalue weighted by Gasteiger charge is 2.11. The zero-order valence-corrected chi connectivity index (χ0v) is 20.8. The normalized spacial score (nSPS) is 12.4. The third-order valence-corrected chi connectivity index (χ3v) is 4.69. The Kier molecular flexibility index (Phi) is 9.90. The molecule has 8 heteroatoms. The van der Waals surface area contributed by atoms with Crippen molar-refractivity contribution in [2.75, 3.05) is 13.6 Å². The summed E-state index contributed by atoms with van der Waals surface area (Å²) in [6, 6.07) is 14.5. The smallest absolute Gasteiger partial charge is 0.276 e. The minimum absolute atomic E-state index is 0. The van der Waals surface area contributed by atoms with Gasteiger partial charge < -0.3 is 15.2 Å². The lowest BCUT2D eigenvalue weighted by molar-refractivity contribution is 0.421. The number of guanidine groups is 1. The Balaban J connectivity index is 0.00000341. The molecule has 2 aromatic heterocycles. The zero-order valence-electron chi connectivity index (χ0n) is 18.5. The quantitative estimate of drug-likeness (QED) is 0.253. The topological polar surface area (TPSA) is 88.2 Å². The van der Waals surface area contributed by atoms with Gasteiger partial charge in [-0.15, -0.1) is 24.0 Å². The molecular formula is C23H31IN6O. The number of pyridine rings is 1. The maximum absolute atomic E-state index is 5.29. The van der Waals surface area contributed by atoms with Gasteiger partial charge in [-0.3, -0.25) is 9.98 Å². The number of benzene rings is 1. The molecule has 0 aliphatic carbocycles. The van der Waals surface area contributed by atoms with Gasteiger partial charge in [-0.1, -0.05) is 49.3 Å². The second-order valence-corrected chi connectivity index (χ2v) is 7.69. The number of nitrogens with zero attached hydrogens (tertiary/aromatic N) is 4. The molecular weight excluding hydrogens is 503 g/mol. The summed E-state index contributed by atoms with van der Waals surface area (Å²) >= 11 is 0. The van der Waals surface area contributed by atoms with Crippen molar-refractivity contribution in [3.63, 3.8) is 0 Å². The van der Waals surface area contributed by atoms with Gasteiger partial charge in [0.1, 0.15) is 5.69 Å². The van der Waals surface area contributed by atoms with E-state index in [-0.39, 0.29) is 30.0 Å². The molecule has 0 spiro atoms. The van der Waals surface area contributed by atoms with Gasteiger partial charge in [0.25, 0.3) is 5.89 Å². The molecule has 0 amide bonds. The minimum atomic E-state index is 0. The molecule has 0 aliphatic rings. The Morgan fingerprint density at radius 2 is 1.87 bits per heavy atom. The first-order chi connectivity index (χ1) is 14.5. The fraction of sp³-hybridized carbons (Fsp3) is 0.391. The largest absolute Gasteiger partial charge is 0.356 e. The summed E-state index contributed by atoms with van der Waals surface area (Å²) in [7, 11) is 1.77. The van der Waals surface area contributed by atoms with E-state index >= 15 is 0 Å². The fourth-order valence-corrected chi connectivity index (χ4v) is 3.14. The Morgan fingerprint density at radius 1 is 1.10 bits per heavy atom. The van der Waals surface area contributed by atoms with Gasteiger partial charge in [-0.25, -0.2) is 0 Å². The summed E-state index contributed by atoms with van der Waals surface area (Å²) in [5, 5.41) is 10.8. The molecule has 3 rings (SSSR count). The van der Waals surface area contributed by atoms with E-state index in [4.69, 9.17) is 4.52 Å². The summed E-state index contributed by atoms with van der Waals surface area (Å²) in [6.45, 7) is 7.24. The number of nitrogens with one attached hydrogen (secondary N) is 2. The van der Waals surface area contributed by atoms with Gasteiger partial charge in [-0.05, 0) is 42.5 Å². The second kappa shape index (κ2) is 12.4. The van der Waals surface area contributed by atoms with E-state index in [9.17, 15) is 0 Å². The molecule has 7 nitrogen and oxygen atoms in total. The maximum atomic E-state index is 5.29. The lowest BCUT2D eigenvalue weighted by atomic mass is 10.00. The van der Waals surface area contributed by atoms with Crippen LogP contribution in [0.2, 0.25) is 0 Å². The van der Waals surface area contributed by atoms with Crippen LogP contribution in [0.15, 0.2) is 58.2 Å². The van der Waals surface area contributed by atoms with E-state index in [1.807, 2.05) is 18.2 Å². The van der Waals surface area contributed by atoms with Crippen LogP contribution < -0.4 is 10.6 Å². The van der Waals surface area contributed by atoms with Crippen molar-refractivity contribution in [1.29, 1.82) is 0 Å². The van der Waals surface area contributed by atoms with E-state index in [0.29, 0.717) is 36.3 Å². The van der Waals surface area contributed by atoms with E-state index in [1.54, 1.807) is 13.2 Å². The van der Waals surface area contributed by atoms with Gasteiger partial charge in [0.15, 0.2) is 11.8 Å². The van der Waals surface area contributed by atoms with Crippen LogP contribution in [0.4, 0.5) is 0 Å². The third kappa shape index (κ3) is 7.61. The average molecular weight is 534 g/mol. The first-order valence-electron chi connectivity index (χ1n) is 10.3. The summed E-state index contributed by atoms with van der Waals surface area (Å²) in [4.78, 5) is 12.9. The monoisotopic (exact) mass is 534 g/mol. The lowest BCUT2D eigenvalue weighted by Gasteiger charge is -2.18. The third-order valence-electron chi connectivity index (χ3n) is 4.69. The first-order valence-corrected chi connectivity index (χ1v) is 10.3. The molecule has 2 heterocycles. The van der Waals surface area contributed by atoms with Crippen LogP contribution in [0, 0.1) is 5.92 Å². The Hall–Kier alpha value is -2.49. The van der Waals surface area contributed by atoms with Gasteiger partial charge in [-0.2, -0.15) is 4.98 Å². The van der Waals surface area contributed by atoms with Gasteiger partial charge in [0, 0.05) is 26.2 Å². The molecule has 166 valence electrons. The molecule has 1 atom stereocenters. The van der Waals surface area contributed by atoms with E-state index in [2.05, 4.69) is 75.8 Å². The van der Waals surface area contributed by atoms with Crippen molar-refractivity contribution < 1.29 is 4.52 Å². The highest BCUT2D eigenvalue weighted by atomic mass is 127. The molecule has 1 aromatic carbocycles. The number of hydrogen-bond acceptors (Lipinski definition) is 5. The van der Waals surface area contributed by atoms with Gasteiger partial charge >= 0.3 is 0 Å². The number of aromatic nitrogens is 3. The maximum Gasteiger partial charge on any atom is 0.276 e. The van der Waals surface area contributed by atoms with Crippen LogP contribution in [-0.4, -0.2) is 34.7 Å². The fourth-order valence-electron chi connectivity index (χ4n) is 3.14. The summed E-state index contributed by atoms with van der Waals surface area (Å²) in [5.74, 6) is 2.46. The Labute approximate surface area is 201 Å². The molecule has 2 N–H and O–H groups in total.